The van der Waals surface area contributed by atoms with E-state index >= 15 is 0 Å². The van der Waals surface area contributed by atoms with Crippen molar-refractivity contribution in [2.24, 2.45) is 10.2 Å². The molecule has 2 fully saturated rings. The lowest BCUT2D eigenvalue weighted by Gasteiger charge is -2.22. The molecule has 2 aliphatic carbocycles. The normalized spacial score (nSPS) is 17.3. The van der Waals surface area contributed by atoms with E-state index in [4.69, 9.17) is 0 Å². The summed E-state index contributed by atoms with van der Waals surface area (Å²) in [5, 5.41) is 8.59. The number of benzene rings is 2. The van der Waals surface area contributed by atoms with Crippen molar-refractivity contribution in [1.29, 1.82) is 0 Å². The molecule has 0 heterocycles. The summed E-state index contributed by atoms with van der Waals surface area (Å²) in [6, 6.07) is 17.3. The highest BCUT2D eigenvalue weighted by atomic mass is 16.2. The van der Waals surface area contributed by atoms with Gasteiger partial charge in [0.2, 0.25) is 11.8 Å². The number of hydrogen-bond acceptors (Lipinski definition) is 4. The van der Waals surface area contributed by atoms with Gasteiger partial charge in [-0.3, -0.25) is 9.59 Å². The van der Waals surface area contributed by atoms with Crippen LogP contribution in [-0.4, -0.2) is 23.2 Å². The lowest BCUT2D eigenvalue weighted by molar-refractivity contribution is -0.121. The quantitative estimate of drug-likeness (QED) is 0.157. The number of carbonyl (C=O) groups is 2. The van der Waals surface area contributed by atoms with Crippen LogP contribution in [0.4, 0.5) is 0 Å². The topological polar surface area (TPSA) is 82.9 Å². The third kappa shape index (κ3) is 9.94. The van der Waals surface area contributed by atoms with E-state index in [1.165, 1.54) is 75.3 Å². The number of nitrogens with one attached hydrogen (secondary N) is 2. The minimum Gasteiger partial charge on any atom is -0.273 e. The highest BCUT2D eigenvalue weighted by Crippen LogP contribution is 2.33. The van der Waals surface area contributed by atoms with Crippen molar-refractivity contribution in [2.45, 2.75) is 122 Å². The number of unbranched alkanes of at least 4 members (excludes halogenated alkanes) is 2. The van der Waals surface area contributed by atoms with Crippen molar-refractivity contribution in [3.05, 3.63) is 70.8 Å². The third-order valence-corrected chi connectivity index (χ3v) is 8.81. The largest absolute Gasteiger partial charge is 0.273 e. The Hall–Kier alpha value is -3.28. The van der Waals surface area contributed by atoms with Gasteiger partial charge in [-0.15, -0.1) is 0 Å². The summed E-state index contributed by atoms with van der Waals surface area (Å²) in [5.41, 5.74) is 11.9. The van der Waals surface area contributed by atoms with Gasteiger partial charge in [0.15, 0.2) is 0 Å². The van der Waals surface area contributed by atoms with Crippen LogP contribution < -0.4 is 10.9 Å². The Morgan fingerprint density at radius 1 is 0.585 bits per heavy atom. The van der Waals surface area contributed by atoms with Gasteiger partial charge in [-0.1, -0.05) is 93.5 Å². The lowest BCUT2D eigenvalue weighted by atomic mass is 9.84. The molecule has 2 aromatic carbocycles. The minimum atomic E-state index is -0.0950. The van der Waals surface area contributed by atoms with Gasteiger partial charge in [-0.25, -0.2) is 10.9 Å². The molecule has 2 aliphatic rings. The van der Waals surface area contributed by atoms with Gasteiger partial charge in [-0.05, 0) is 86.5 Å². The maximum absolute atomic E-state index is 12.2. The number of nitrogens with zero attached hydrogens (tertiary/aromatic N) is 2. The zero-order chi connectivity index (χ0) is 28.9. The first-order valence-electron chi connectivity index (χ1n) is 15.9. The summed E-state index contributed by atoms with van der Waals surface area (Å²) in [7, 11) is 0. The van der Waals surface area contributed by atoms with Crippen LogP contribution in [0, 0.1) is 0 Å². The average Bonchev–Trinajstić information content (AvgIpc) is 3.03. The SMILES string of the molecule is CC(=NNC(=O)CCCCCC(=O)NN=C(C)c1ccc(C2CCCCC2)cc1)c1ccc(C2CCCCC2)cc1. The molecule has 6 heteroatoms. The maximum atomic E-state index is 12.2. The van der Waals surface area contributed by atoms with E-state index < -0.39 is 0 Å². The van der Waals surface area contributed by atoms with Gasteiger partial charge in [0.05, 0.1) is 11.4 Å². The number of amides is 2. The lowest BCUT2D eigenvalue weighted by Crippen LogP contribution is -2.19. The van der Waals surface area contributed by atoms with Crippen LogP contribution in [0.25, 0.3) is 0 Å². The van der Waals surface area contributed by atoms with E-state index in [2.05, 4.69) is 69.6 Å². The van der Waals surface area contributed by atoms with Crippen LogP contribution in [0.15, 0.2) is 58.7 Å². The van der Waals surface area contributed by atoms with Crippen molar-refractivity contribution in [3.8, 4) is 0 Å². The van der Waals surface area contributed by atoms with E-state index in [-0.39, 0.29) is 11.8 Å². The molecular formula is C35H48N4O2. The zero-order valence-corrected chi connectivity index (χ0v) is 25.1. The van der Waals surface area contributed by atoms with Crippen molar-refractivity contribution in [2.75, 3.05) is 0 Å². The average molecular weight is 557 g/mol. The summed E-state index contributed by atoms with van der Waals surface area (Å²) in [6.45, 7) is 3.84. The zero-order valence-electron chi connectivity index (χ0n) is 25.1. The molecule has 0 bridgehead atoms. The molecule has 0 atom stereocenters. The number of carbonyl (C=O) groups excluding carboxylic acids is 2. The van der Waals surface area contributed by atoms with Crippen molar-refractivity contribution in [1.82, 2.24) is 10.9 Å². The van der Waals surface area contributed by atoms with Crippen LogP contribution >= 0.6 is 0 Å². The summed E-state index contributed by atoms with van der Waals surface area (Å²) in [6.07, 6.45) is 16.2. The molecule has 0 radical (unpaired) electrons. The summed E-state index contributed by atoms with van der Waals surface area (Å²) >= 11 is 0. The van der Waals surface area contributed by atoms with E-state index in [9.17, 15) is 9.59 Å². The second-order valence-corrected chi connectivity index (χ2v) is 11.9. The van der Waals surface area contributed by atoms with E-state index in [0.717, 1.165) is 41.8 Å². The smallest absolute Gasteiger partial charge is 0.240 e. The first-order valence-corrected chi connectivity index (χ1v) is 15.9. The molecular weight excluding hydrogens is 508 g/mol. The van der Waals surface area contributed by atoms with Crippen LogP contribution in [-0.2, 0) is 9.59 Å². The van der Waals surface area contributed by atoms with Gasteiger partial charge in [0.1, 0.15) is 0 Å². The van der Waals surface area contributed by atoms with E-state index in [1.807, 2.05) is 13.8 Å². The molecule has 2 N–H and O–H groups in total. The highest BCUT2D eigenvalue weighted by molar-refractivity contribution is 5.99. The third-order valence-electron chi connectivity index (χ3n) is 8.81. The molecule has 2 amide bonds. The van der Waals surface area contributed by atoms with E-state index in [0.29, 0.717) is 24.7 Å². The first-order chi connectivity index (χ1) is 20.0. The molecule has 0 unspecified atom stereocenters. The molecule has 0 aliphatic heterocycles. The Morgan fingerprint density at radius 3 is 1.32 bits per heavy atom. The Kier molecular flexibility index (Phi) is 12.1. The van der Waals surface area contributed by atoms with Gasteiger partial charge in [0.25, 0.3) is 0 Å². The van der Waals surface area contributed by atoms with Crippen molar-refractivity contribution in [3.63, 3.8) is 0 Å². The van der Waals surface area contributed by atoms with E-state index in [1.54, 1.807) is 0 Å². The summed E-state index contributed by atoms with van der Waals surface area (Å²) in [4.78, 5) is 24.5. The van der Waals surface area contributed by atoms with Crippen molar-refractivity contribution >= 4 is 23.2 Å². The Labute approximate surface area is 246 Å². The fourth-order valence-corrected chi connectivity index (χ4v) is 6.15. The first kappa shape index (κ1) is 30.7. The van der Waals surface area contributed by atoms with Gasteiger partial charge in [-0.2, -0.15) is 10.2 Å². The van der Waals surface area contributed by atoms with Crippen molar-refractivity contribution < 1.29 is 9.59 Å². The second kappa shape index (κ2) is 16.2. The van der Waals surface area contributed by atoms with Gasteiger partial charge >= 0.3 is 0 Å². The molecule has 220 valence electrons. The standard InChI is InChI=1S/C35H48N4O2/c1-26(28-18-22-32(23-19-28)30-12-6-3-7-13-30)36-38-34(40)16-10-5-11-17-35(41)39-37-27(2)29-20-24-33(25-21-29)31-14-8-4-9-15-31/h18-25,30-31H,3-17H2,1-2H3,(H,38,40)(H,39,41). The van der Waals surface area contributed by atoms with Crippen LogP contribution in [0.1, 0.15) is 144 Å². The molecule has 6 nitrogen and oxygen atoms in total. The maximum Gasteiger partial charge on any atom is 0.240 e. The van der Waals surface area contributed by atoms with Crippen LogP contribution in [0.3, 0.4) is 0 Å². The molecule has 2 saturated carbocycles. The molecule has 0 aromatic heterocycles. The molecule has 41 heavy (non-hydrogen) atoms. The predicted octanol–water partition coefficient (Wildman–Crippen LogP) is 8.11. The monoisotopic (exact) mass is 556 g/mol. The highest BCUT2D eigenvalue weighted by Gasteiger charge is 2.16. The second-order valence-electron chi connectivity index (χ2n) is 11.9. The molecule has 0 saturated heterocycles. The number of hydrazone groups is 2. The van der Waals surface area contributed by atoms with Gasteiger partial charge in [0, 0.05) is 12.8 Å². The van der Waals surface area contributed by atoms with Gasteiger partial charge < -0.3 is 0 Å². The molecule has 0 spiro atoms. The Morgan fingerprint density at radius 2 is 0.951 bits per heavy atom. The summed E-state index contributed by atoms with van der Waals surface area (Å²) in [5.74, 6) is 1.18. The number of hydrogen-bond donors (Lipinski definition) is 2. The minimum absolute atomic E-state index is 0.0950. The Bertz CT molecular complexity index is 1080. The van der Waals surface area contributed by atoms with Crippen LogP contribution in [0.5, 0.6) is 0 Å². The fraction of sp³-hybridized carbons (Fsp3) is 0.543. The Balaban J connectivity index is 1.09. The fourth-order valence-electron chi connectivity index (χ4n) is 6.15. The van der Waals surface area contributed by atoms with Crippen LogP contribution in [0.2, 0.25) is 0 Å². The number of rotatable bonds is 12. The molecule has 2 aromatic rings. The molecule has 4 rings (SSSR count). The summed E-state index contributed by atoms with van der Waals surface area (Å²) < 4.78 is 0. The predicted molar refractivity (Wildman–Crippen MR) is 168 cm³/mol.